The highest BCUT2D eigenvalue weighted by Crippen LogP contribution is 2.18. The molecule has 1 aliphatic heterocycles. The summed E-state index contributed by atoms with van der Waals surface area (Å²) in [6.45, 7) is 3.15. The van der Waals surface area contributed by atoms with Gasteiger partial charge in [-0.05, 0) is 19.8 Å². The Morgan fingerprint density at radius 1 is 1.67 bits per heavy atom. The minimum atomic E-state index is -0.344. The summed E-state index contributed by atoms with van der Waals surface area (Å²) in [6.07, 6.45) is 6.64. The molecule has 1 saturated heterocycles. The lowest BCUT2D eigenvalue weighted by Crippen LogP contribution is -2.42. The van der Waals surface area contributed by atoms with Crippen LogP contribution in [0, 0.1) is 0 Å². The third-order valence-corrected chi connectivity index (χ3v) is 3.10. The van der Waals surface area contributed by atoms with Crippen LogP contribution < -0.4 is 11.1 Å². The Labute approximate surface area is 107 Å². The highest BCUT2D eigenvalue weighted by atomic mass is 16.5. The molecule has 1 aromatic rings. The topological polar surface area (TPSA) is 82.2 Å². The van der Waals surface area contributed by atoms with Gasteiger partial charge in [0.05, 0.1) is 12.4 Å². The summed E-state index contributed by atoms with van der Waals surface area (Å²) < 4.78 is 7.49. The summed E-state index contributed by atoms with van der Waals surface area (Å²) in [4.78, 5) is 15.9. The molecule has 0 bridgehead atoms. The molecule has 0 spiro atoms. The van der Waals surface area contributed by atoms with Crippen molar-refractivity contribution in [3.05, 3.63) is 18.7 Å². The van der Waals surface area contributed by atoms with Crippen molar-refractivity contribution in [2.24, 2.45) is 5.73 Å². The van der Waals surface area contributed by atoms with E-state index in [2.05, 4.69) is 10.3 Å². The van der Waals surface area contributed by atoms with Gasteiger partial charge in [-0.3, -0.25) is 4.79 Å². The number of nitrogens with zero attached hydrogens (tertiary/aromatic N) is 2. The number of hydrogen-bond acceptors (Lipinski definition) is 4. The third kappa shape index (κ3) is 3.30. The van der Waals surface area contributed by atoms with E-state index >= 15 is 0 Å². The summed E-state index contributed by atoms with van der Waals surface area (Å²) in [7, 11) is 0. The molecule has 6 nitrogen and oxygen atoms in total. The van der Waals surface area contributed by atoms with Crippen molar-refractivity contribution >= 4 is 5.91 Å². The number of aromatic nitrogens is 2. The fourth-order valence-electron chi connectivity index (χ4n) is 2.16. The average molecular weight is 252 g/mol. The van der Waals surface area contributed by atoms with E-state index in [1.165, 1.54) is 0 Å². The third-order valence-electron chi connectivity index (χ3n) is 3.10. The highest BCUT2D eigenvalue weighted by molar-refractivity contribution is 5.81. The summed E-state index contributed by atoms with van der Waals surface area (Å²) >= 11 is 0. The van der Waals surface area contributed by atoms with Crippen LogP contribution in [0.25, 0.3) is 0 Å². The van der Waals surface area contributed by atoms with Gasteiger partial charge in [0.25, 0.3) is 0 Å². The Morgan fingerprint density at radius 2 is 2.50 bits per heavy atom. The van der Waals surface area contributed by atoms with Crippen molar-refractivity contribution in [3.63, 3.8) is 0 Å². The van der Waals surface area contributed by atoms with Gasteiger partial charge in [-0.2, -0.15) is 0 Å². The monoisotopic (exact) mass is 252 g/mol. The fourth-order valence-corrected chi connectivity index (χ4v) is 2.16. The van der Waals surface area contributed by atoms with Crippen molar-refractivity contribution in [1.29, 1.82) is 0 Å². The first kappa shape index (κ1) is 13.0. The molecule has 0 saturated carbocycles. The van der Waals surface area contributed by atoms with Gasteiger partial charge >= 0.3 is 0 Å². The van der Waals surface area contributed by atoms with E-state index in [0.29, 0.717) is 13.1 Å². The number of ether oxygens (including phenoxy) is 1. The van der Waals surface area contributed by atoms with Crippen molar-refractivity contribution in [1.82, 2.24) is 14.9 Å². The molecule has 0 aliphatic carbocycles. The minimum absolute atomic E-state index is 0.0321. The average Bonchev–Trinajstić information content (AvgIpc) is 2.98. The van der Waals surface area contributed by atoms with Crippen LogP contribution in [0.15, 0.2) is 18.7 Å². The highest BCUT2D eigenvalue weighted by Gasteiger charge is 2.30. The fraction of sp³-hybridized carbons (Fsp3) is 0.667. The first-order valence-electron chi connectivity index (χ1n) is 6.30. The first-order chi connectivity index (χ1) is 8.69. The number of rotatable bonds is 5. The van der Waals surface area contributed by atoms with Crippen LogP contribution in [0.2, 0.25) is 0 Å². The molecule has 18 heavy (non-hydrogen) atoms. The normalized spacial score (nSPS) is 25.0. The van der Waals surface area contributed by atoms with Gasteiger partial charge in [0.15, 0.2) is 0 Å². The summed E-state index contributed by atoms with van der Waals surface area (Å²) in [6, 6.07) is 0.0484. The molecule has 100 valence electrons. The minimum Gasteiger partial charge on any atom is -0.364 e. The number of carbonyl (C=O) groups excluding carboxylic acids is 1. The van der Waals surface area contributed by atoms with Gasteiger partial charge in [0.2, 0.25) is 5.91 Å². The quantitative estimate of drug-likeness (QED) is 0.766. The van der Waals surface area contributed by atoms with E-state index in [1.54, 1.807) is 12.5 Å². The van der Waals surface area contributed by atoms with E-state index in [9.17, 15) is 4.79 Å². The Balaban J connectivity index is 1.77. The van der Waals surface area contributed by atoms with Crippen LogP contribution in [0.3, 0.4) is 0 Å². The Bertz CT molecular complexity index is 379. The second-order valence-electron chi connectivity index (χ2n) is 4.73. The lowest BCUT2D eigenvalue weighted by molar-refractivity contribution is -0.132. The van der Waals surface area contributed by atoms with Crippen LogP contribution in [-0.2, 0) is 16.1 Å². The summed E-state index contributed by atoms with van der Waals surface area (Å²) in [5, 5.41) is 2.95. The molecule has 0 radical (unpaired) electrons. The molecule has 0 aromatic carbocycles. The van der Waals surface area contributed by atoms with Crippen LogP contribution >= 0.6 is 0 Å². The zero-order chi connectivity index (χ0) is 13.0. The zero-order valence-electron chi connectivity index (χ0n) is 10.6. The van der Waals surface area contributed by atoms with Gasteiger partial charge < -0.3 is 20.4 Å². The molecule has 1 aliphatic rings. The molecule has 1 fully saturated rings. The summed E-state index contributed by atoms with van der Waals surface area (Å²) in [5.41, 5.74) is 5.52. The van der Waals surface area contributed by atoms with Crippen LogP contribution in [-0.4, -0.2) is 40.3 Å². The largest absolute Gasteiger partial charge is 0.364 e. The summed E-state index contributed by atoms with van der Waals surface area (Å²) in [5.74, 6) is -0.0430. The molecule has 3 atom stereocenters. The van der Waals surface area contributed by atoms with Gasteiger partial charge in [-0.25, -0.2) is 4.98 Å². The van der Waals surface area contributed by atoms with E-state index in [4.69, 9.17) is 10.5 Å². The molecule has 1 amide bonds. The van der Waals surface area contributed by atoms with Crippen molar-refractivity contribution in [3.8, 4) is 0 Å². The van der Waals surface area contributed by atoms with Gasteiger partial charge in [0, 0.05) is 31.5 Å². The number of imidazole rings is 1. The van der Waals surface area contributed by atoms with E-state index in [0.717, 1.165) is 12.8 Å². The Hall–Kier alpha value is -1.40. The molecule has 2 heterocycles. The van der Waals surface area contributed by atoms with Crippen LogP contribution in [0.4, 0.5) is 0 Å². The second kappa shape index (κ2) is 5.97. The van der Waals surface area contributed by atoms with Gasteiger partial charge in [0.1, 0.15) is 6.10 Å². The number of hydrogen-bond donors (Lipinski definition) is 2. The van der Waals surface area contributed by atoms with Crippen LogP contribution in [0.1, 0.15) is 19.8 Å². The molecule has 1 aromatic heterocycles. The van der Waals surface area contributed by atoms with Crippen LogP contribution in [0.5, 0.6) is 0 Å². The maximum atomic E-state index is 11.9. The first-order valence-corrected chi connectivity index (χ1v) is 6.30. The Morgan fingerprint density at radius 3 is 3.11 bits per heavy atom. The van der Waals surface area contributed by atoms with Gasteiger partial charge in [-0.15, -0.1) is 0 Å². The zero-order valence-corrected chi connectivity index (χ0v) is 10.6. The second-order valence-corrected chi connectivity index (χ2v) is 4.73. The van der Waals surface area contributed by atoms with Crippen molar-refractivity contribution < 1.29 is 9.53 Å². The molecule has 2 rings (SSSR count). The molecular weight excluding hydrogens is 232 g/mol. The smallest absolute Gasteiger partial charge is 0.249 e. The predicted molar refractivity (Wildman–Crippen MR) is 66.8 cm³/mol. The van der Waals surface area contributed by atoms with Crippen molar-refractivity contribution in [2.75, 3.05) is 6.54 Å². The maximum absolute atomic E-state index is 11.9. The number of carbonyl (C=O) groups is 1. The van der Waals surface area contributed by atoms with E-state index in [1.807, 2.05) is 17.7 Å². The molecule has 3 N–H and O–H groups in total. The van der Waals surface area contributed by atoms with Gasteiger partial charge in [-0.1, -0.05) is 0 Å². The number of amides is 1. The standard InChI is InChI=1S/C12H20N4O2/c1-9(7-16-5-4-14-8-16)15-12(17)11-3-2-10(6-13)18-11/h4-5,8-11H,2-3,6-7,13H2,1H3,(H,15,17). The van der Waals surface area contributed by atoms with E-state index in [-0.39, 0.29) is 24.2 Å². The molecule has 6 heteroatoms. The predicted octanol–water partition coefficient (Wildman–Crippen LogP) is -0.106. The SMILES string of the molecule is CC(Cn1ccnc1)NC(=O)C1CCC(CN)O1. The maximum Gasteiger partial charge on any atom is 0.249 e. The molecule has 3 unspecified atom stereocenters. The number of nitrogens with two attached hydrogens (primary N) is 1. The Kier molecular flexibility index (Phi) is 4.33. The van der Waals surface area contributed by atoms with Crippen molar-refractivity contribution in [2.45, 2.75) is 44.6 Å². The van der Waals surface area contributed by atoms with E-state index < -0.39 is 0 Å². The lowest BCUT2D eigenvalue weighted by atomic mass is 10.2. The molecular formula is C12H20N4O2. The number of nitrogens with one attached hydrogen (secondary N) is 1. The lowest BCUT2D eigenvalue weighted by Gasteiger charge is -2.18.